The smallest absolute Gasteiger partial charge is 0.178 e. The van der Waals surface area contributed by atoms with Crippen LogP contribution in [0.15, 0.2) is 30.3 Å². The number of carbonyl (C=O) groups is 1. The quantitative estimate of drug-likeness (QED) is 0.662. The summed E-state index contributed by atoms with van der Waals surface area (Å²) in [7, 11) is 0. The fraction of sp³-hybridized carbons (Fsp3) is 0.476. The highest BCUT2D eigenvalue weighted by atomic mass is 16.1. The molecule has 1 aromatic heterocycles. The molecule has 1 saturated heterocycles. The van der Waals surface area contributed by atoms with Crippen molar-refractivity contribution in [1.29, 1.82) is 0 Å². The van der Waals surface area contributed by atoms with Crippen LogP contribution < -0.4 is 5.73 Å². The van der Waals surface area contributed by atoms with Crippen molar-refractivity contribution >= 4 is 11.5 Å². The molecule has 0 unspecified atom stereocenters. The van der Waals surface area contributed by atoms with Crippen LogP contribution in [0.5, 0.6) is 0 Å². The van der Waals surface area contributed by atoms with Gasteiger partial charge in [0.25, 0.3) is 0 Å². The lowest BCUT2D eigenvalue weighted by atomic mass is 9.94. The van der Waals surface area contributed by atoms with Gasteiger partial charge in [-0.1, -0.05) is 13.3 Å². The molecular formula is C21H29N3O. The SMILES string of the molecule is CCC1CCN(CC(=O)c2cc(C)n(-c3ccc(N)cc3)c2C)CC1. The van der Waals surface area contributed by atoms with Crippen LogP contribution in [-0.2, 0) is 0 Å². The number of ketones is 1. The van der Waals surface area contributed by atoms with Gasteiger partial charge in [0, 0.05) is 28.3 Å². The number of aryl methyl sites for hydroxylation is 1. The summed E-state index contributed by atoms with van der Waals surface area (Å²) in [4.78, 5) is 15.2. The molecule has 1 aliphatic heterocycles. The van der Waals surface area contributed by atoms with E-state index in [1.54, 1.807) is 0 Å². The highest BCUT2D eigenvalue weighted by molar-refractivity contribution is 5.99. The van der Waals surface area contributed by atoms with Crippen molar-refractivity contribution in [3.05, 3.63) is 47.3 Å². The largest absolute Gasteiger partial charge is 0.399 e. The molecule has 0 saturated carbocycles. The number of anilines is 1. The zero-order valence-electron chi connectivity index (χ0n) is 15.6. The molecular weight excluding hydrogens is 310 g/mol. The Morgan fingerprint density at radius 3 is 2.40 bits per heavy atom. The predicted molar refractivity (Wildman–Crippen MR) is 103 cm³/mol. The van der Waals surface area contributed by atoms with E-state index in [0.29, 0.717) is 6.54 Å². The molecule has 25 heavy (non-hydrogen) atoms. The monoisotopic (exact) mass is 339 g/mol. The third kappa shape index (κ3) is 3.79. The number of likely N-dealkylation sites (tertiary alicyclic amines) is 1. The predicted octanol–water partition coefficient (Wildman–Crippen LogP) is 3.98. The Labute approximate surface area is 150 Å². The van der Waals surface area contributed by atoms with E-state index in [4.69, 9.17) is 5.73 Å². The molecule has 4 nitrogen and oxygen atoms in total. The van der Waals surface area contributed by atoms with Gasteiger partial charge in [-0.05, 0) is 76.0 Å². The maximum atomic E-state index is 12.9. The Bertz CT molecular complexity index is 737. The van der Waals surface area contributed by atoms with E-state index in [2.05, 4.69) is 16.4 Å². The number of piperidine rings is 1. The molecule has 2 aromatic rings. The van der Waals surface area contributed by atoms with Gasteiger partial charge in [0.15, 0.2) is 5.78 Å². The molecule has 0 spiro atoms. The fourth-order valence-corrected chi connectivity index (χ4v) is 3.91. The summed E-state index contributed by atoms with van der Waals surface area (Å²) in [6, 6.07) is 9.81. The Kier molecular flexibility index (Phi) is 5.28. The van der Waals surface area contributed by atoms with Gasteiger partial charge in [-0.3, -0.25) is 9.69 Å². The van der Waals surface area contributed by atoms with E-state index < -0.39 is 0 Å². The minimum absolute atomic E-state index is 0.227. The molecule has 0 aliphatic carbocycles. The van der Waals surface area contributed by atoms with E-state index in [1.807, 2.05) is 44.2 Å². The molecule has 1 aliphatic rings. The lowest BCUT2D eigenvalue weighted by Crippen LogP contribution is -2.37. The maximum absolute atomic E-state index is 12.9. The third-order valence-electron chi connectivity index (χ3n) is 5.53. The normalized spacial score (nSPS) is 16.3. The van der Waals surface area contributed by atoms with Gasteiger partial charge >= 0.3 is 0 Å². The maximum Gasteiger partial charge on any atom is 0.178 e. The van der Waals surface area contributed by atoms with Gasteiger partial charge in [0.1, 0.15) is 0 Å². The topological polar surface area (TPSA) is 51.3 Å². The molecule has 0 radical (unpaired) electrons. The van der Waals surface area contributed by atoms with Crippen LogP contribution >= 0.6 is 0 Å². The fourth-order valence-electron chi connectivity index (χ4n) is 3.91. The summed E-state index contributed by atoms with van der Waals surface area (Å²) in [6.45, 7) is 8.95. The van der Waals surface area contributed by atoms with Crippen molar-refractivity contribution in [2.45, 2.75) is 40.0 Å². The zero-order valence-corrected chi connectivity index (χ0v) is 15.6. The van der Waals surface area contributed by atoms with Gasteiger partial charge in [0.2, 0.25) is 0 Å². The summed E-state index contributed by atoms with van der Waals surface area (Å²) in [5, 5.41) is 0. The van der Waals surface area contributed by atoms with Crippen molar-refractivity contribution in [3.8, 4) is 5.69 Å². The Morgan fingerprint density at radius 1 is 1.16 bits per heavy atom. The number of nitrogen functional groups attached to an aromatic ring is 1. The molecule has 4 heteroatoms. The molecule has 0 bridgehead atoms. The molecule has 2 heterocycles. The van der Waals surface area contributed by atoms with Crippen LogP contribution in [0.3, 0.4) is 0 Å². The van der Waals surface area contributed by atoms with Crippen molar-refractivity contribution in [1.82, 2.24) is 9.47 Å². The van der Waals surface area contributed by atoms with Crippen LogP contribution in [0.1, 0.15) is 47.9 Å². The second-order valence-corrected chi connectivity index (χ2v) is 7.26. The van der Waals surface area contributed by atoms with Gasteiger partial charge in [0.05, 0.1) is 6.54 Å². The molecule has 2 N–H and O–H groups in total. The van der Waals surface area contributed by atoms with Gasteiger partial charge < -0.3 is 10.3 Å². The van der Waals surface area contributed by atoms with Gasteiger partial charge in [-0.15, -0.1) is 0 Å². The molecule has 134 valence electrons. The third-order valence-corrected chi connectivity index (χ3v) is 5.53. The van der Waals surface area contributed by atoms with Crippen LogP contribution in [0.4, 0.5) is 5.69 Å². The van der Waals surface area contributed by atoms with E-state index >= 15 is 0 Å². The number of rotatable bonds is 5. The van der Waals surface area contributed by atoms with E-state index in [9.17, 15) is 4.79 Å². The molecule has 1 fully saturated rings. The minimum atomic E-state index is 0.227. The van der Waals surface area contributed by atoms with Crippen molar-refractivity contribution in [2.24, 2.45) is 5.92 Å². The summed E-state index contributed by atoms with van der Waals surface area (Å²) < 4.78 is 2.13. The first kappa shape index (κ1) is 17.7. The number of nitrogens with zero attached hydrogens (tertiary/aromatic N) is 2. The highest BCUT2D eigenvalue weighted by Gasteiger charge is 2.22. The minimum Gasteiger partial charge on any atom is -0.399 e. The zero-order chi connectivity index (χ0) is 18.0. The summed E-state index contributed by atoms with van der Waals surface area (Å²) in [6.07, 6.45) is 3.69. The Hall–Kier alpha value is -2.07. The second-order valence-electron chi connectivity index (χ2n) is 7.26. The summed E-state index contributed by atoms with van der Waals surface area (Å²) >= 11 is 0. The Balaban J connectivity index is 1.76. The van der Waals surface area contributed by atoms with Crippen LogP contribution in [0.2, 0.25) is 0 Å². The molecule has 0 amide bonds. The first-order chi connectivity index (χ1) is 12.0. The van der Waals surface area contributed by atoms with Crippen LogP contribution in [-0.4, -0.2) is 34.9 Å². The number of carbonyl (C=O) groups excluding carboxylic acids is 1. The first-order valence-electron chi connectivity index (χ1n) is 9.30. The van der Waals surface area contributed by atoms with Crippen LogP contribution in [0, 0.1) is 19.8 Å². The number of benzene rings is 1. The average Bonchev–Trinajstić information content (AvgIpc) is 2.91. The molecule has 1 aromatic carbocycles. The number of Topliss-reactive ketones (excluding diaryl/α,β-unsaturated/α-hetero) is 1. The average molecular weight is 339 g/mol. The number of hydrogen-bond acceptors (Lipinski definition) is 3. The number of nitrogens with two attached hydrogens (primary N) is 1. The molecule has 3 rings (SSSR count). The number of aromatic nitrogens is 1. The van der Waals surface area contributed by atoms with Gasteiger partial charge in [-0.2, -0.15) is 0 Å². The van der Waals surface area contributed by atoms with E-state index in [1.165, 1.54) is 19.3 Å². The highest BCUT2D eigenvalue weighted by Crippen LogP contribution is 2.24. The number of hydrogen-bond donors (Lipinski definition) is 1. The van der Waals surface area contributed by atoms with Crippen molar-refractivity contribution in [3.63, 3.8) is 0 Å². The van der Waals surface area contributed by atoms with E-state index in [-0.39, 0.29) is 5.78 Å². The summed E-state index contributed by atoms with van der Waals surface area (Å²) in [5.74, 6) is 1.06. The second kappa shape index (κ2) is 7.44. The van der Waals surface area contributed by atoms with Crippen LogP contribution in [0.25, 0.3) is 5.69 Å². The van der Waals surface area contributed by atoms with E-state index in [0.717, 1.165) is 47.3 Å². The lowest BCUT2D eigenvalue weighted by Gasteiger charge is -2.30. The van der Waals surface area contributed by atoms with Gasteiger partial charge in [-0.25, -0.2) is 0 Å². The standard InChI is InChI=1S/C21H29N3O/c1-4-17-9-11-23(12-10-17)14-21(25)20-13-15(2)24(16(20)3)19-7-5-18(22)6-8-19/h5-8,13,17H,4,9-12,14,22H2,1-3H3. The Morgan fingerprint density at radius 2 is 1.80 bits per heavy atom. The molecule has 0 atom stereocenters. The lowest BCUT2D eigenvalue weighted by molar-refractivity contribution is 0.0894. The van der Waals surface area contributed by atoms with Crippen molar-refractivity contribution in [2.75, 3.05) is 25.4 Å². The summed E-state index contributed by atoms with van der Waals surface area (Å²) in [5.41, 5.74) is 10.5. The van der Waals surface area contributed by atoms with Crippen molar-refractivity contribution < 1.29 is 4.79 Å². The first-order valence-corrected chi connectivity index (χ1v) is 9.30.